The number of benzene rings is 2. The third kappa shape index (κ3) is 3.97. The van der Waals surface area contributed by atoms with Gasteiger partial charge in [-0.05, 0) is 54.8 Å². The SMILES string of the molecule is O=C(O)C1CCCCN1C(c1cccc(F)c1)c1ccc(Cl)cc1Cl. The molecule has 1 fully saturated rings. The molecule has 0 aromatic heterocycles. The zero-order chi connectivity index (χ0) is 18.0. The quantitative estimate of drug-likeness (QED) is 0.794. The minimum absolute atomic E-state index is 0.364. The highest BCUT2D eigenvalue weighted by Gasteiger charge is 2.36. The van der Waals surface area contributed by atoms with Gasteiger partial charge in [0.25, 0.3) is 0 Å². The zero-order valence-electron chi connectivity index (χ0n) is 13.5. The van der Waals surface area contributed by atoms with Crippen LogP contribution in [-0.4, -0.2) is 28.6 Å². The fourth-order valence-corrected chi connectivity index (χ4v) is 3.99. The van der Waals surface area contributed by atoms with E-state index in [0.717, 1.165) is 18.4 Å². The van der Waals surface area contributed by atoms with Gasteiger partial charge in [0.15, 0.2) is 0 Å². The van der Waals surface area contributed by atoms with Crippen LogP contribution in [-0.2, 0) is 4.79 Å². The lowest BCUT2D eigenvalue weighted by Gasteiger charge is -2.40. The molecular formula is C19H18Cl2FNO2. The van der Waals surface area contributed by atoms with Crippen LogP contribution in [0.1, 0.15) is 36.4 Å². The molecule has 3 rings (SSSR count). The van der Waals surface area contributed by atoms with Crippen LogP contribution in [0, 0.1) is 5.82 Å². The number of carbonyl (C=O) groups is 1. The van der Waals surface area contributed by atoms with Crippen LogP contribution in [0.5, 0.6) is 0 Å². The van der Waals surface area contributed by atoms with E-state index >= 15 is 0 Å². The molecule has 25 heavy (non-hydrogen) atoms. The molecular weight excluding hydrogens is 364 g/mol. The fourth-order valence-electron chi connectivity index (χ4n) is 3.48. The van der Waals surface area contributed by atoms with E-state index in [1.807, 2.05) is 4.90 Å². The van der Waals surface area contributed by atoms with Gasteiger partial charge in [0.2, 0.25) is 0 Å². The van der Waals surface area contributed by atoms with Crippen molar-refractivity contribution in [2.24, 2.45) is 0 Å². The summed E-state index contributed by atoms with van der Waals surface area (Å²) in [5, 5.41) is 10.6. The summed E-state index contributed by atoms with van der Waals surface area (Å²) in [6.45, 7) is 0.608. The Bertz CT molecular complexity index is 784. The molecule has 132 valence electrons. The molecule has 1 heterocycles. The Morgan fingerprint density at radius 3 is 2.68 bits per heavy atom. The first-order valence-electron chi connectivity index (χ1n) is 8.16. The van der Waals surface area contributed by atoms with E-state index in [-0.39, 0.29) is 5.82 Å². The third-order valence-electron chi connectivity index (χ3n) is 4.58. The number of carboxylic acids is 1. The molecule has 2 unspecified atom stereocenters. The summed E-state index contributed by atoms with van der Waals surface area (Å²) in [4.78, 5) is 13.7. The Kier molecular flexibility index (Phi) is 5.62. The Morgan fingerprint density at radius 2 is 2.00 bits per heavy atom. The number of aliphatic carboxylic acids is 1. The lowest BCUT2D eigenvalue weighted by molar-refractivity contribution is -0.145. The molecule has 3 nitrogen and oxygen atoms in total. The lowest BCUT2D eigenvalue weighted by Crippen LogP contribution is -2.46. The first kappa shape index (κ1) is 18.2. The van der Waals surface area contributed by atoms with Gasteiger partial charge in [0, 0.05) is 10.0 Å². The molecule has 2 aromatic carbocycles. The van der Waals surface area contributed by atoms with E-state index in [2.05, 4.69) is 0 Å². The van der Waals surface area contributed by atoms with Gasteiger partial charge in [0.05, 0.1) is 6.04 Å². The van der Waals surface area contributed by atoms with Crippen molar-refractivity contribution in [3.8, 4) is 0 Å². The van der Waals surface area contributed by atoms with Crippen LogP contribution in [0.3, 0.4) is 0 Å². The van der Waals surface area contributed by atoms with Crippen molar-refractivity contribution in [1.82, 2.24) is 4.90 Å². The van der Waals surface area contributed by atoms with Gasteiger partial charge in [-0.25, -0.2) is 4.39 Å². The second-order valence-corrected chi connectivity index (χ2v) is 7.05. The van der Waals surface area contributed by atoms with E-state index in [1.54, 1.807) is 30.3 Å². The molecule has 1 N–H and O–H groups in total. The van der Waals surface area contributed by atoms with Gasteiger partial charge in [-0.1, -0.05) is 47.8 Å². The summed E-state index contributed by atoms with van der Waals surface area (Å²) in [5.41, 5.74) is 1.40. The highest BCUT2D eigenvalue weighted by molar-refractivity contribution is 6.35. The van der Waals surface area contributed by atoms with E-state index in [1.165, 1.54) is 12.1 Å². The smallest absolute Gasteiger partial charge is 0.320 e. The second-order valence-electron chi connectivity index (χ2n) is 6.21. The van der Waals surface area contributed by atoms with E-state index < -0.39 is 18.1 Å². The summed E-state index contributed by atoms with van der Waals surface area (Å²) in [6.07, 6.45) is 2.31. The van der Waals surface area contributed by atoms with E-state index in [0.29, 0.717) is 28.6 Å². The highest BCUT2D eigenvalue weighted by Crippen LogP contribution is 2.38. The van der Waals surface area contributed by atoms with Crippen LogP contribution in [0.2, 0.25) is 10.0 Å². The normalized spacial score (nSPS) is 19.6. The van der Waals surface area contributed by atoms with Crippen molar-refractivity contribution in [3.05, 3.63) is 69.5 Å². The van der Waals surface area contributed by atoms with Gasteiger partial charge in [-0.15, -0.1) is 0 Å². The van der Waals surface area contributed by atoms with Crippen LogP contribution in [0.4, 0.5) is 4.39 Å². The fraction of sp³-hybridized carbons (Fsp3) is 0.316. The number of piperidine rings is 1. The summed E-state index contributed by atoms with van der Waals surface area (Å²) in [5.74, 6) is -1.23. The molecule has 0 radical (unpaired) electrons. The van der Waals surface area contributed by atoms with Gasteiger partial charge >= 0.3 is 5.97 Å². The zero-order valence-corrected chi connectivity index (χ0v) is 15.0. The molecule has 2 atom stereocenters. The summed E-state index contributed by atoms with van der Waals surface area (Å²) in [6, 6.07) is 10.3. The number of hydrogen-bond donors (Lipinski definition) is 1. The number of rotatable bonds is 4. The molecule has 0 spiro atoms. The number of likely N-dealkylation sites (tertiary alicyclic amines) is 1. The Labute approximate surface area is 156 Å². The Morgan fingerprint density at radius 1 is 1.20 bits per heavy atom. The van der Waals surface area contributed by atoms with E-state index in [9.17, 15) is 14.3 Å². The molecule has 1 saturated heterocycles. The highest BCUT2D eigenvalue weighted by atomic mass is 35.5. The Hall–Kier alpha value is -1.62. The first-order chi connectivity index (χ1) is 12.0. The van der Waals surface area contributed by atoms with Crippen molar-refractivity contribution >= 4 is 29.2 Å². The van der Waals surface area contributed by atoms with Gasteiger partial charge in [0.1, 0.15) is 11.9 Å². The number of halogens is 3. The molecule has 2 aromatic rings. The van der Waals surface area contributed by atoms with E-state index in [4.69, 9.17) is 23.2 Å². The molecule has 0 saturated carbocycles. The molecule has 1 aliphatic rings. The maximum atomic E-state index is 13.8. The average molecular weight is 382 g/mol. The van der Waals surface area contributed by atoms with Crippen molar-refractivity contribution in [2.75, 3.05) is 6.54 Å². The van der Waals surface area contributed by atoms with Gasteiger partial charge in [-0.2, -0.15) is 0 Å². The molecule has 0 amide bonds. The van der Waals surface area contributed by atoms with Crippen LogP contribution in [0.25, 0.3) is 0 Å². The standard InChI is InChI=1S/C19H18Cl2FNO2/c20-13-7-8-15(16(21)11-13)18(12-4-3-5-14(22)10-12)23-9-2-1-6-17(23)19(24)25/h3-5,7-8,10-11,17-18H,1-2,6,9H2,(H,24,25). The largest absolute Gasteiger partial charge is 0.480 e. The summed E-state index contributed by atoms with van der Waals surface area (Å²) < 4.78 is 13.8. The minimum Gasteiger partial charge on any atom is -0.480 e. The van der Waals surface area contributed by atoms with Crippen LogP contribution < -0.4 is 0 Å². The minimum atomic E-state index is -0.869. The number of nitrogens with zero attached hydrogens (tertiary/aromatic N) is 1. The topological polar surface area (TPSA) is 40.5 Å². The molecule has 1 aliphatic heterocycles. The average Bonchev–Trinajstić information content (AvgIpc) is 2.57. The van der Waals surface area contributed by atoms with Crippen molar-refractivity contribution in [3.63, 3.8) is 0 Å². The van der Waals surface area contributed by atoms with Gasteiger partial charge < -0.3 is 5.11 Å². The maximum Gasteiger partial charge on any atom is 0.320 e. The van der Waals surface area contributed by atoms with Crippen molar-refractivity contribution < 1.29 is 14.3 Å². The molecule has 6 heteroatoms. The lowest BCUT2D eigenvalue weighted by atomic mass is 9.91. The number of carboxylic acid groups (broad SMARTS) is 1. The predicted molar refractivity (Wildman–Crippen MR) is 96.7 cm³/mol. The summed E-state index contributed by atoms with van der Waals surface area (Å²) >= 11 is 12.4. The summed E-state index contributed by atoms with van der Waals surface area (Å²) in [7, 11) is 0. The van der Waals surface area contributed by atoms with Crippen molar-refractivity contribution in [1.29, 1.82) is 0 Å². The molecule has 0 aliphatic carbocycles. The molecule has 0 bridgehead atoms. The van der Waals surface area contributed by atoms with Crippen molar-refractivity contribution in [2.45, 2.75) is 31.3 Å². The number of hydrogen-bond acceptors (Lipinski definition) is 2. The predicted octanol–water partition coefficient (Wildman–Crippen LogP) is 5.16. The van der Waals surface area contributed by atoms with Gasteiger partial charge in [-0.3, -0.25) is 9.69 Å². The van der Waals surface area contributed by atoms with Crippen LogP contribution >= 0.6 is 23.2 Å². The third-order valence-corrected chi connectivity index (χ3v) is 5.14. The maximum absolute atomic E-state index is 13.8. The van der Waals surface area contributed by atoms with Crippen LogP contribution in [0.15, 0.2) is 42.5 Å². The second kappa shape index (κ2) is 7.73. The Balaban J connectivity index is 2.12. The first-order valence-corrected chi connectivity index (χ1v) is 8.92. The monoisotopic (exact) mass is 381 g/mol.